The Morgan fingerprint density at radius 1 is 1.12 bits per heavy atom. The maximum Gasteiger partial charge on any atom is 0.303 e. The van der Waals surface area contributed by atoms with Gasteiger partial charge in [0.25, 0.3) is 0 Å². The van der Waals surface area contributed by atoms with E-state index in [0.29, 0.717) is 12.8 Å². The summed E-state index contributed by atoms with van der Waals surface area (Å²) in [7, 11) is 0. The predicted molar refractivity (Wildman–Crippen MR) is 101 cm³/mol. The second kappa shape index (κ2) is 8.15. The summed E-state index contributed by atoms with van der Waals surface area (Å²) in [5.74, 6) is -1.01. The van der Waals surface area contributed by atoms with E-state index in [4.69, 9.17) is 4.74 Å². The van der Waals surface area contributed by atoms with Gasteiger partial charge in [-0.3, -0.25) is 14.4 Å². The number of ketones is 2. The molecule has 0 aromatic carbocycles. The van der Waals surface area contributed by atoms with Crippen molar-refractivity contribution in [1.29, 1.82) is 0 Å². The van der Waals surface area contributed by atoms with Gasteiger partial charge in [-0.05, 0) is 24.8 Å². The van der Waals surface area contributed by atoms with Crippen molar-refractivity contribution in [2.45, 2.75) is 53.6 Å². The van der Waals surface area contributed by atoms with Gasteiger partial charge in [0.05, 0.1) is 0 Å². The molecule has 0 aromatic heterocycles. The molecule has 26 heavy (non-hydrogen) atoms. The molecule has 1 saturated carbocycles. The van der Waals surface area contributed by atoms with Crippen molar-refractivity contribution in [3.05, 3.63) is 36.0 Å². The van der Waals surface area contributed by atoms with E-state index in [2.05, 4.69) is 6.58 Å². The van der Waals surface area contributed by atoms with Gasteiger partial charge in [-0.2, -0.15) is 0 Å². The highest BCUT2D eigenvalue weighted by Crippen LogP contribution is 2.41. The average Bonchev–Trinajstić information content (AvgIpc) is 2.84. The molecule has 2 rings (SSSR count). The minimum Gasteiger partial charge on any atom is -0.458 e. The molecule has 2 aliphatic carbocycles. The first-order chi connectivity index (χ1) is 12.1. The fourth-order valence-corrected chi connectivity index (χ4v) is 3.92. The van der Waals surface area contributed by atoms with Crippen LogP contribution in [-0.2, 0) is 19.1 Å². The first kappa shape index (κ1) is 20.3. The summed E-state index contributed by atoms with van der Waals surface area (Å²) in [6.45, 7) is 13.0. The van der Waals surface area contributed by atoms with Gasteiger partial charge in [-0.15, -0.1) is 0 Å². The summed E-state index contributed by atoms with van der Waals surface area (Å²) in [5, 5.41) is 0. The van der Waals surface area contributed by atoms with Crippen LogP contribution in [0.1, 0.15) is 47.5 Å². The van der Waals surface area contributed by atoms with Gasteiger partial charge in [0.15, 0.2) is 0 Å². The SMILES string of the molecule is C=C(C)[C@H]1/C=C/[C@@H](C)C(=O)[C@H]2C[C@@H](C)[C@H](OC(C)=O)/C2=C/[C@H](C)C(=O)C1. The van der Waals surface area contributed by atoms with E-state index in [1.165, 1.54) is 6.92 Å². The molecule has 4 heteroatoms. The monoisotopic (exact) mass is 358 g/mol. The van der Waals surface area contributed by atoms with Crippen molar-refractivity contribution in [2.24, 2.45) is 29.6 Å². The summed E-state index contributed by atoms with van der Waals surface area (Å²) in [5.41, 5.74) is 1.72. The van der Waals surface area contributed by atoms with E-state index in [1.807, 2.05) is 45.9 Å². The Bertz CT molecular complexity index is 670. The van der Waals surface area contributed by atoms with Crippen LogP contribution in [0.25, 0.3) is 0 Å². The molecule has 0 radical (unpaired) electrons. The summed E-state index contributed by atoms with van der Waals surface area (Å²) >= 11 is 0. The van der Waals surface area contributed by atoms with Gasteiger partial charge < -0.3 is 4.74 Å². The van der Waals surface area contributed by atoms with Crippen LogP contribution in [0.3, 0.4) is 0 Å². The molecule has 6 atom stereocenters. The zero-order valence-electron chi connectivity index (χ0n) is 16.5. The number of carbonyl (C=O) groups excluding carboxylic acids is 3. The van der Waals surface area contributed by atoms with Crippen LogP contribution in [0, 0.1) is 29.6 Å². The molecule has 0 N–H and O–H groups in total. The van der Waals surface area contributed by atoms with Crippen LogP contribution in [0.2, 0.25) is 0 Å². The number of allylic oxidation sites excluding steroid dienone is 4. The Labute approximate surface area is 156 Å². The molecular weight excluding hydrogens is 328 g/mol. The summed E-state index contributed by atoms with van der Waals surface area (Å²) in [4.78, 5) is 37.3. The Hall–Kier alpha value is -1.97. The lowest BCUT2D eigenvalue weighted by atomic mass is 9.87. The minimum atomic E-state index is -0.425. The van der Waals surface area contributed by atoms with Gasteiger partial charge in [0, 0.05) is 37.0 Å². The Morgan fingerprint density at radius 3 is 2.35 bits per heavy atom. The number of hydrogen-bond donors (Lipinski definition) is 0. The van der Waals surface area contributed by atoms with Crippen molar-refractivity contribution in [3.63, 3.8) is 0 Å². The van der Waals surface area contributed by atoms with Gasteiger partial charge in [0.2, 0.25) is 0 Å². The number of Topliss-reactive ketones (excluding diaryl/α,β-unsaturated/α-hetero) is 2. The third kappa shape index (κ3) is 4.40. The van der Waals surface area contributed by atoms with Crippen LogP contribution in [0.5, 0.6) is 0 Å². The van der Waals surface area contributed by atoms with Gasteiger partial charge >= 0.3 is 5.97 Å². The second-order valence-electron chi connectivity index (χ2n) is 7.95. The molecule has 2 aliphatic rings. The molecule has 142 valence electrons. The summed E-state index contributed by atoms with van der Waals surface area (Å²) < 4.78 is 5.52. The van der Waals surface area contributed by atoms with E-state index in [1.54, 1.807) is 0 Å². The molecule has 0 bridgehead atoms. The first-order valence-electron chi connectivity index (χ1n) is 9.40. The lowest BCUT2D eigenvalue weighted by Gasteiger charge is -2.20. The third-order valence-electron chi connectivity index (χ3n) is 5.58. The van der Waals surface area contributed by atoms with Crippen molar-refractivity contribution in [3.8, 4) is 0 Å². The zero-order valence-corrected chi connectivity index (χ0v) is 16.5. The number of fused-ring (bicyclic) bond motifs is 1. The minimum absolute atomic E-state index is 0.0558. The van der Waals surface area contributed by atoms with Crippen LogP contribution < -0.4 is 0 Å². The topological polar surface area (TPSA) is 60.4 Å². The molecule has 0 aromatic rings. The maximum absolute atomic E-state index is 13.1. The molecule has 0 aliphatic heterocycles. The van der Waals surface area contributed by atoms with Crippen molar-refractivity contribution >= 4 is 17.5 Å². The normalized spacial score (nSPS) is 38.6. The number of esters is 1. The highest BCUT2D eigenvalue weighted by atomic mass is 16.5. The van der Waals surface area contributed by atoms with E-state index in [0.717, 1.165) is 11.1 Å². The number of rotatable bonds is 2. The quantitative estimate of drug-likeness (QED) is 0.552. The molecule has 0 amide bonds. The molecule has 0 unspecified atom stereocenters. The van der Waals surface area contributed by atoms with Crippen LogP contribution >= 0.6 is 0 Å². The number of hydrogen-bond acceptors (Lipinski definition) is 4. The highest BCUT2D eigenvalue weighted by Gasteiger charge is 2.43. The molecular formula is C22H30O4. The Morgan fingerprint density at radius 2 is 1.77 bits per heavy atom. The summed E-state index contributed by atoms with van der Waals surface area (Å²) in [6, 6.07) is 0. The molecule has 0 spiro atoms. The standard InChI is InChI=1S/C22H30O4/c1-12(2)17-8-7-13(3)21(25)18-10-15(5)22(26-16(6)23)19(18)9-14(4)20(24)11-17/h7-9,13-15,17-18,22H,1,10-11H2,2-6H3/b8-7+,19-9+/t13-,14+,15-,17+,18+,22+/m1/s1. The third-order valence-corrected chi connectivity index (χ3v) is 5.58. The first-order valence-corrected chi connectivity index (χ1v) is 9.40. The largest absolute Gasteiger partial charge is 0.458 e. The molecule has 1 fully saturated rings. The fraction of sp³-hybridized carbons (Fsp3) is 0.591. The molecule has 4 nitrogen and oxygen atoms in total. The maximum atomic E-state index is 13.1. The smallest absolute Gasteiger partial charge is 0.303 e. The van der Waals surface area contributed by atoms with Gasteiger partial charge in [-0.1, -0.05) is 51.2 Å². The summed E-state index contributed by atoms with van der Waals surface area (Å²) in [6.07, 6.45) is 6.30. The lowest BCUT2D eigenvalue weighted by Crippen LogP contribution is -2.25. The fourth-order valence-electron chi connectivity index (χ4n) is 3.92. The average molecular weight is 358 g/mol. The van der Waals surface area contributed by atoms with Crippen molar-refractivity contribution < 1.29 is 19.1 Å². The predicted octanol–water partition coefficient (Wildman–Crippen LogP) is 4.06. The molecule has 0 heterocycles. The second-order valence-corrected chi connectivity index (χ2v) is 7.95. The van der Waals surface area contributed by atoms with E-state index < -0.39 is 6.10 Å². The van der Waals surface area contributed by atoms with E-state index in [9.17, 15) is 14.4 Å². The lowest BCUT2D eigenvalue weighted by molar-refractivity contribution is -0.146. The van der Waals surface area contributed by atoms with Gasteiger partial charge in [-0.25, -0.2) is 0 Å². The van der Waals surface area contributed by atoms with Crippen LogP contribution in [-0.4, -0.2) is 23.6 Å². The van der Waals surface area contributed by atoms with Crippen LogP contribution in [0.15, 0.2) is 36.0 Å². The van der Waals surface area contributed by atoms with E-state index >= 15 is 0 Å². The number of ether oxygens (including phenoxy) is 1. The van der Waals surface area contributed by atoms with E-state index in [-0.39, 0.29) is 47.1 Å². The Balaban J connectivity index is 2.47. The van der Waals surface area contributed by atoms with Crippen molar-refractivity contribution in [1.82, 2.24) is 0 Å². The Kier molecular flexibility index (Phi) is 6.38. The van der Waals surface area contributed by atoms with Gasteiger partial charge in [0.1, 0.15) is 17.7 Å². The van der Waals surface area contributed by atoms with Crippen LogP contribution in [0.4, 0.5) is 0 Å². The molecule has 0 saturated heterocycles. The van der Waals surface area contributed by atoms with Crippen molar-refractivity contribution in [2.75, 3.05) is 0 Å². The highest BCUT2D eigenvalue weighted by molar-refractivity contribution is 5.89. The zero-order chi connectivity index (χ0) is 19.6. The number of carbonyl (C=O) groups is 3.